The van der Waals surface area contributed by atoms with E-state index in [1.165, 1.54) is 82.7 Å². The smallest absolute Gasteiger partial charge is 0.373 e. The van der Waals surface area contributed by atoms with Crippen molar-refractivity contribution in [2.75, 3.05) is 17.2 Å². The largest absolute Gasteiger partial charge is 0.481 e. The summed E-state index contributed by atoms with van der Waals surface area (Å²) in [4.78, 5) is 71.9. The predicted octanol–water partition coefficient (Wildman–Crippen LogP) is 8.26. The Morgan fingerprint density at radius 1 is 0.898 bits per heavy atom. The minimum absolute atomic E-state index is 0.117. The quantitative estimate of drug-likeness (QED) is 0.0602. The molecular weight excluding hydrogens is 827 g/mol. The number of thiazole rings is 1. The molecule has 1 saturated carbocycles. The molecule has 6 rings (SSSR count). The highest BCUT2D eigenvalue weighted by Gasteiger charge is 2.42. The van der Waals surface area contributed by atoms with Gasteiger partial charge < -0.3 is 15.1 Å². The predicted molar refractivity (Wildman–Crippen MR) is 239 cm³/mol. The molecule has 2 unspecified atom stereocenters. The Morgan fingerprint density at radius 3 is 2.27 bits per heavy atom. The number of thioether (sulfide) groups is 2. The first-order valence-corrected chi connectivity index (χ1v) is 23.7. The lowest BCUT2D eigenvalue weighted by atomic mass is 9.96. The number of hydrogen-bond acceptors (Lipinski definition) is 11. The average molecular weight is 880 g/mol. The molecule has 2 atom stereocenters. The number of carbonyl (C=O) groups is 3. The molecule has 0 spiro atoms. The van der Waals surface area contributed by atoms with Gasteiger partial charge in [0.15, 0.2) is 0 Å². The van der Waals surface area contributed by atoms with Crippen molar-refractivity contribution in [2.45, 2.75) is 133 Å². The summed E-state index contributed by atoms with van der Waals surface area (Å²) < 4.78 is 2.21. The maximum absolute atomic E-state index is 13.8. The van der Waals surface area contributed by atoms with Crippen LogP contribution in [-0.4, -0.2) is 66.3 Å². The Hall–Kier alpha value is -4.01. The molecular formula is C44H53N3O8S4. The van der Waals surface area contributed by atoms with Gasteiger partial charge in [0.2, 0.25) is 0 Å². The van der Waals surface area contributed by atoms with E-state index in [4.69, 9.17) is 26.9 Å². The summed E-state index contributed by atoms with van der Waals surface area (Å²) in [5.74, 6) is -0.787. The van der Waals surface area contributed by atoms with Crippen LogP contribution in [0.5, 0.6) is 0 Å². The summed E-state index contributed by atoms with van der Waals surface area (Å²) in [5, 5.41) is 18.6. The van der Waals surface area contributed by atoms with Crippen LogP contribution in [0.4, 0.5) is 11.4 Å². The van der Waals surface area contributed by atoms with Gasteiger partial charge in [-0.15, -0.1) is 23.1 Å². The molecule has 1 saturated heterocycles. The molecule has 0 radical (unpaired) electrons. The first-order chi connectivity index (χ1) is 28.6. The summed E-state index contributed by atoms with van der Waals surface area (Å²) in [6.45, 7) is 2.08. The third-order valence-corrected chi connectivity index (χ3v) is 14.8. The highest BCUT2D eigenvalue weighted by molar-refractivity contribution is 8.30. The van der Waals surface area contributed by atoms with Gasteiger partial charge in [0.1, 0.15) is 20.4 Å². The Morgan fingerprint density at radius 2 is 1.58 bits per heavy atom. The summed E-state index contributed by atoms with van der Waals surface area (Å²) >= 11 is 9.71. The molecule has 59 heavy (non-hydrogen) atoms. The fourth-order valence-corrected chi connectivity index (χ4v) is 11.6. The summed E-state index contributed by atoms with van der Waals surface area (Å²) in [5.41, 5.74) is 4.10. The van der Waals surface area contributed by atoms with Crippen LogP contribution in [0.2, 0.25) is 0 Å². The monoisotopic (exact) mass is 879 g/mol. The van der Waals surface area contributed by atoms with Crippen LogP contribution in [0.1, 0.15) is 127 Å². The molecule has 316 valence electrons. The number of nitrogens with zero attached hydrogens (tertiary/aromatic N) is 3. The van der Waals surface area contributed by atoms with E-state index in [-0.39, 0.29) is 23.4 Å². The van der Waals surface area contributed by atoms with Crippen molar-refractivity contribution in [1.29, 1.82) is 0 Å². The van der Waals surface area contributed by atoms with E-state index in [0.29, 0.717) is 44.9 Å². The Kier molecular flexibility index (Phi) is 18.0. The van der Waals surface area contributed by atoms with Gasteiger partial charge in [-0.3, -0.25) is 28.6 Å². The second kappa shape index (κ2) is 23.1. The number of rotatable bonds is 21. The number of thiocarbonyl (C=S) groups is 1. The fourth-order valence-electron chi connectivity index (χ4n) is 8.17. The van der Waals surface area contributed by atoms with Gasteiger partial charge in [0, 0.05) is 41.2 Å². The number of benzene rings is 2. The van der Waals surface area contributed by atoms with Gasteiger partial charge >= 0.3 is 18.1 Å². The molecule has 2 fully saturated rings. The van der Waals surface area contributed by atoms with Gasteiger partial charge in [0.05, 0.1) is 4.53 Å². The van der Waals surface area contributed by atoms with Crippen LogP contribution >= 0.6 is 47.1 Å². The van der Waals surface area contributed by atoms with E-state index in [1.807, 2.05) is 23.9 Å². The van der Waals surface area contributed by atoms with Crippen molar-refractivity contribution < 1.29 is 34.2 Å². The van der Waals surface area contributed by atoms with Crippen LogP contribution in [0, 0.1) is 0 Å². The van der Waals surface area contributed by atoms with Gasteiger partial charge in [-0.2, -0.15) is 9.59 Å². The zero-order valence-electron chi connectivity index (χ0n) is 33.5. The van der Waals surface area contributed by atoms with Crippen molar-refractivity contribution in [3.05, 3.63) is 73.1 Å². The molecule has 3 aromatic rings. The van der Waals surface area contributed by atoms with E-state index in [9.17, 15) is 24.3 Å². The number of aromatic nitrogens is 1. The maximum atomic E-state index is 13.8. The maximum Gasteiger partial charge on any atom is 0.373 e. The van der Waals surface area contributed by atoms with E-state index >= 15 is 0 Å². The van der Waals surface area contributed by atoms with E-state index < -0.39 is 24.0 Å². The molecule has 0 bridgehead atoms. The highest BCUT2D eigenvalue weighted by Crippen LogP contribution is 2.52. The Bertz CT molecular complexity index is 2180. The number of amides is 1. The van der Waals surface area contributed by atoms with E-state index in [0.717, 1.165) is 66.5 Å². The lowest BCUT2D eigenvalue weighted by Gasteiger charge is -2.27. The summed E-state index contributed by atoms with van der Waals surface area (Å²) in [6, 6.07) is 15.8. The highest BCUT2D eigenvalue weighted by atomic mass is 32.2. The van der Waals surface area contributed by atoms with Gasteiger partial charge in [0.25, 0.3) is 11.5 Å². The van der Waals surface area contributed by atoms with Crippen LogP contribution in [-0.2, 0) is 30.5 Å². The molecule has 1 aromatic heterocycles. The molecule has 11 nitrogen and oxygen atoms in total. The zero-order chi connectivity index (χ0) is 42.3. The number of fused-ring (bicyclic) bond motifs is 3. The lowest BCUT2D eigenvalue weighted by molar-refractivity contribution is -0.191. The van der Waals surface area contributed by atoms with Gasteiger partial charge in [-0.05, 0) is 91.5 Å². The fraction of sp³-hybridized carbons (Fsp3) is 0.500. The van der Waals surface area contributed by atoms with Crippen molar-refractivity contribution >= 4 is 97.8 Å². The van der Waals surface area contributed by atoms with E-state index in [1.54, 1.807) is 0 Å². The minimum Gasteiger partial charge on any atom is -0.481 e. The van der Waals surface area contributed by atoms with Crippen molar-refractivity contribution in [1.82, 2.24) is 9.47 Å². The molecule has 1 aliphatic carbocycles. The third-order valence-electron chi connectivity index (χ3n) is 11.0. The first kappa shape index (κ1) is 46.1. The normalized spacial score (nSPS) is 18.2. The Balaban J connectivity index is 0.00000214. The van der Waals surface area contributed by atoms with Gasteiger partial charge in [-0.25, -0.2) is 0 Å². The van der Waals surface area contributed by atoms with Crippen LogP contribution in [0.3, 0.4) is 0 Å². The molecule has 2 aromatic carbocycles. The minimum atomic E-state index is -1.17. The van der Waals surface area contributed by atoms with Crippen molar-refractivity contribution in [2.24, 2.45) is 0 Å². The topological polar surface area (TPSA) is 154 Å². The standard InChI is InChI=1S/C43H53N3O6S4.CO2/c1-2-3-4-5-6-7-10-13-25-54-31-21-19-30(20-22-31)46-34-16-14-15-32(34)33-26-29(18-23-35(33)46)27-36-40(51)45(28-38(49)50)42(55-36)39-41(52)44(43(53)56-39)24-12-9-8-11-17-37(47)48;2-1-3/h18-23,26-27,32,34H,2-17,24-25,28H2,1H3,(H,47,48)(H,49,50);/b36-27-,42-39+;. The molecule has 15 heteroatoms. The number of carboxylic acids is 2. The van der Waals surface area contributed by atoms with Crippen molar-refractivity contribution in [3.8, 4) is 0 Å². The number of aliphatic carboxylic acids is 2. The summed E-state index contributed by atoms with van der Waals surface area (Å²) in [6.07, 6.45) is 19.0. The number of carboxylic acid groups (broad SMARTS) is 2. The zero-order valence-corrected chi connectivity index (χ0v) is 36.8. The number of unbranched alkanes of at least 4 members (excludes halogenated alkanes) is 10. The molecule has 2 aliphatic heterocycles. The number of hydrogen-bond donors (Lipinski definition) is 2. The molecule has 3 heterocycles. The lowest BCUT2D eigenvalue weighted by Crippen LogP contribution is -2.35. The van der Waals surface area contributed by atoms with Crippen molar-refractivity contribution in [3.63, 3.8) is 0 Å². The van der Waals surface area contributed by atoms with Crippen LogP contribution in [0.15, 0.2) is 52.2 Å². The van der Waals surface area contributed by atoms with Crippen LogP contribution in [0.25, 0.3) is 11.0 Å². The SMILES string of the molecule is CCCCCCCCCCSc1ccc(N2c3ccc(/C=c4\s/c(=C5/SC(=S)N(CCCCCCC(=O)O)C5=O)n(CC(=O)O)c4=O)cc3C3CCCC32)cc1.O=C=O. The number of anilines is 2. The van der Waals surface area contributed by atoms with Gasteiger partial charge in [-0.1, -0.05) is 101 Å². The third kappa shape index (κ3) is 12.3. The number of carbonyl (C=O) groups excluding carboxylic acids is 3. The molecule has 2 N–H and O–H groups in total. The first-order valence-electron chi connectivity index (χ1n) is 20.7. The molecule has 3 aliphatic rings. The second-order valence-electron chi connectivity index (χ2n) is 15.1. The Labute approximate surface area is 362 Å². The summed E-state index contributed by atoms with van der Waals surface area (Å²) in [7, 11) is 0. The average Bonchev–Trinajstić information content (AvgIpc) is 3.95. The van der Waals surface area contributed by atoms with E-state index in [2.05, 4.69) is 48.2 Å². The van der Waals surface area contributed by atoms with Crippen LogP contribution < -0.4 is 19.7 Å². The second-order valence-corrected chi connectivity index (χ2v) is 18.9. The molecule has 1 amide bonds.